The van der Waals surface area contributed by atoms with E-state index in [0.717, 1.165) is 0 Å². The fraction of sp³-hybridized carbons (Fsp3) is 0.118. The summed E-state index contributed by atoms with van der Waals surface area (Å²) in [6.07, 6.45) is 4.72. The van der Waals surface area contributed by atoms with Gasteiger partial charge in [-0.25, -0.2) is 23.5 Å². The molecule has 0 radical (unpaired) electrons. The molecular formula is C17H15N7O4S. The van der Waals surface area contributed by atoms with Gasteiger partial charge in [0.2, 0.25) is 15.8 Å². The molecule has 4 aromatic rings. The van der Waals surface area contributed by atoms with Crippen LogP contribution in [0.1, 0.15) is 5.69 Å². The highest BCUT2D eigenvalue weighted by Crippen LogP contribution is 2.26. The first-order chi connectivity index (χ1) is 13.9. The van der Waals surface area contributed by atoms with E-state index in [1.54, 1.807) is 48.5 Å². The zero-order chi connectivity index (χ0) is 20.4. The van der Waals surface area contributed by atoms with Crippen LogP contribution in [-0.2, 0) is 23.7 Å². The lowest BCUT2D eigenvalue weighted by atomic mass is 10.2. The van der Waals surface area contributed by atoms with E-state index in [-0.39, 0.29) is 29.2 Å². The Bertz CT molecular complexity index is 1250. The van der Waals surface area contributed by atoms with Crippen molar-refractivity contribution in [2.75, 3.05) is 0 Å². The molecule has 3 aromatic heterocycles. The van der Waals surface area contributed by atoms with Crippen LogP contribution in [-0.4, -0.2) is 38.3 Å². The van der Waals surface area contributed by atoms with Crippen LogP contribution in [0.3, 0.4) is 0 Å². The van der Waals surface area contributed by atoms with Crippen LogP contribution >= 0.6 is 0 Å². The smallest absolute Gasteiger partial charge is 0.316 e. The Hall–Kier alpha value is -3.64. The molecular weight excluding hydrogens is 398 g/mol. The predicted molar refractivity (Wildman–Crippen MR) is 99.7 cm³/mol. The van der Waals surface area contributed by atoms with Gasteiger partial charge in [0.25, 0.3) is 5.89 Å². The predicted octanol–water partition coefficient (Wildman–Crippen LogP) is 1.15. The quantitative estimate of drug-likeness (QED) is 0.490. The maximum atomic E-state index is 11.6. The Morgan fingerprint density at radius 3 is 2.76 bits per heavy atom. The molecule has 1 aromatic carbocycles. The van der Waals surface area contributed by atoms with Crippen LogP contribution in [0.2, 0.25) is 0 Å². The Morgan fingerprint density at radius 2 is 2.00 bits per heavy atom. The molecule has 29 heavy (non-hydrogen) atoms. The number of aryl methyl sites for hydroxylation is 1. The molecule has 0 saturated heterocycles. The first-order valence-corrected chi connectivity index (χ1v) is 9.84. The lowest BCUT2D eigenvalue weighted by Crippen LogP contribution is -2.11. The third-order valence-electron chi connectivity index (χ3n) is 4.02. The standard InChI is InChI=1S/C17H15N7O4S/c1-24-14(10-27-17-19-6-3-7-20-17)13(9-21-24)16-22-15(23-28-16)11-4-2-5-12(8-11)29(18,25)26/h2-9H,10H2,1H3,(H2,18,25,26). The summed E-state index contributed by atoms with van der Waals surface area (Å²) in [5.74, 6) is 0.425. The van der Waals surface area contributed by atoms with Crippen LogP contribution in [0.25, 0.3) is 22.8 Å². The highest BCUT2D eigenvalue weighted by atomic mass is 32.2. The van der Waals surface area contributed by atoms with Gasteiger partial charge in [-0.1, -0.05) is 17.3 Å². The fourth-order valence-electron chi connectivity index (χ4n) is 2.57. The number of rotatable bonds is 6. The number of hydrogen-bond acceptors (Lipinski definition) is 9. The number of benzene rings is 1. The third kappa shape index (κ3) is 3.97. The largest absolute Gasteiger partial charge is 0.457 e. The van der Waals surface area contributed by atoms with Crippen LogP contribution in [0.4, 0.5) is 0 Å². The molecule has 0 bridgehead atoms. The van der Waals surface area contributed by atoms with Gasteiger partial charge >= 0.3 is 6.01 Å². The van der Waals surface area contributed by atoms with Crippen molar-refractivity contribution in [3.63, 3.8) is 0 Å². The Kier molecular flexibility index (Phi) is 4.78. The zero-order valence-electron chi connectivity index (χ0n) is 15.1. The second kappa shape index (κ2) is 7.41. The average molecular weight is 413 g/mol. The van der Waals surface area contributed by atoms with Crippen LogP contribution in [0.5, 0.6) is 6.01 Å². The van der Waals surface area contributed by atoms with E-state index in [0.29, 0.717) is 16.8 Å². The molecule has 0 spiro atoms. The Balaban J connectivity index is 1.62. The first kappa shape index (κ1) is 18.7. The first-order valence-electron chi connectivity index (χ1n) is 8.30. The third-order valence-corrected chi connectivity index (χ3v) is 4.93. The molecule has 148 valence electrons. The van der Waals surface area contributed by atoms with Crippen LogP contribution in [0, 0.1) is 0 Å². The number of primary sulfonamides is 1. The molecule has 3 heterocycles. The van der Waals surface area contributed by atoms with E-state index in [9.17, 15) is 8.42 Å². The Labute approximate surface area is 165 Å². The molecule has 4 rings (SSSR count). The Morgan fingerprint density at radius 1 is 1.21 bits per heavy atom. The molecule has 11 nitrogen and oxygen atoms in total. The SMILES string of the molecule is Cn1ncc(-c2nc(-c3cccc(S(N)(=O)=O)c3)no2)c1COc1ncccn1. The van der Waals surface area contributed by atoms with Gasteiger partial charge in [-0.15, -0.1) is 0 Å². The van der Waals surface area contributed by atoms with Gasteiger partial charge in [0.1, 0.15) is 6.61 Å². The van der Waals surface area contributed by atoms with Crippen molar-refractivity contribution in [2.45, 2.75) is 11.5 Å². The summed E-state index contributed by atoms with van der Waals surface area (Å²) in [5, 5.41) is 13.3. The molecule has 0 aliphatic rings. The number of aromatic nitrogens is 6. The summed E-state index contributed by atoms with van der Waals surface area (Å²) in [4.78, 5) is 12.3. The number of sulfonamides is 1. The molecule has 0 aliphatic carbocycles. The van der Waals surface area contributed by atoms with E-state index >= 15 is 0 Å². The van der Waals surface area contributed by atoms with Gasteiger partial charge in [-0.05, 0) is 18.2 Å². The van der Waals surface area contributed by atoms with E-state index in [4.69, 9.17) is 14.4 Å². The molecule has 0 amide bonds. The monoisotopic (exact) mass is 413 g/mol. The lowest BCUT2D eigenvalue weighted by Gasteiger charge is -2.05. The zero-order valence-corrected chi connectivity index (χ0v) is 15.9. The number of nitrogens with two attached hydrogens (primary N) is 1. The van der Waals surface area contributed by atoms with Crippen molar-refractivity contribution >= 4 is 10.0 Å². The summed E-state index contributed by atoms with van der Waals surface area (Å²) in [7, 11) is -2.09. The van der Waals surface area contributed by atoms with Gasteiger partial charge in [0.15, 0.2) is 0 Å². The minimum atomic E-state index is -3.84. The summed E-state index contributed by atoms with van der Waals surface area (Å²) in [5.41, 5.74) is 1.70. The van der Waals surface area contributed by atoms with Crippen molar-refractivity contribution in [3.8, 4) is 28.9 Å². The average Bonchev–Trinajstić information content (AvgIpc) is 3.33. The molecule has 12 heteroatoms. The van der Waals surface area contributed by atoms with Crippen molar-refractivity contribution in [1.29, 1.82) is 0 Å². The summed E-state index contributed by atoms with van der Waals surface area (Å²) in [6, 6.07) is 7.89. The van der Waals surface area contributed by atoms with Gasteiger partial charge in [-0.3, -0.25) is 4.68 Å². The summed E-state index contributed by atoms with van der Waals surface area (Å²) >= 11 is 0. The molecule has 0 fully saturated rings. The van der Waals surface area contributed by atoms with E-state index < -0.39 is 10.0 Å². The second-order valence-corrected chi connectivity index (χ2v) is 7.51. The second-order valence-electron chi connectivity index (χ2n) is 5.94. The number of ether oxygens (including phenoxy) is 1. The van der Waals surface area contributed by atoms with E-state index in [2.05, 4.69) is 25.2 Å². The van der Waals surface area contributed by atoms with Crippen molar-refractivity contribution in [2.24, 2.45) is 12.2 Å². The van der Waals surface area contributed by atoms with Gasteiger partial charge < -0.3 is 9.26 Å². The van der Waals surface area contributed by atoms with Gasteiger partial charge in [0.05, 0.1) is 22.3 Å². The summed E-state index contributed by atoms with van der Waals surface area (Å²) in [6.45, 7) is 0.133. The molecule has 0 aliphatic heterocycles. The van der Waals surface area contributed by atoms with E-state index in [1.807, 2.05) is 0 Å². The highest BCUT2D eigenvalue weighted by molar-refractivity contribution is 7.89. The number of hydrogen-bond donors (Lipinski definition) is 1. The van der Waals surface area contributed by atoms with Crippen molar-refractivity contribution in [1.82, 2.24) is 29.9 Å². The van der Waals surface area contributed by atoms with Crippen molar-refractivity contribution < 1.29 is 17.7 Å². The topological polar surface area (TPSA) is 152 Å². The fourth-order valence-corrected chi connectivity index (χ4v) is 3.13. The molecule has 2 N–H and O–H groups in total. The maximum absolute atomic E-state index is 11.6. The molecule has 0 atom stereocenters. The highest BCUT2D eigenvalue weighted by Gasteiger charge is 2.19. The normalized spacial score (nSPS) is 11.5. The molecule has 0 unspecified atom stereocenters. The minimum Gasteiger partial charge on any atom is -0.457 e. The van der Waals surface area contributed by atoms with E-state index in [1.165, 1.54) is 12.1 Å². The van der Waals surface area contributed by atoms with Crippen LogP contribution in [0.15, 0.2) is 58.3 Å². The summed E-state index contributed by atoms with van der Waals surface area (Å²) < 4.78 is 35.7. The van der Waals surface area contributed by atoms with Gasteiger partial charge in [0, 0.05) is 25.0 Å². The number of nitrogens with zero attached hydrogens (tertiary/aromatic N) is 6. The lowest BCUT2D eigenvalue weighted by molar-refractivity contribution is 0.271. The van der Waals surface area contributed by atoms with Crippen molar-refractivity contribution in [3.05, 3.63) is 54.6 Å². The molecule has 0 saturated carbocycles. The van der Waals surface area contributed by atoms with Gasteiger partial charge in [-0.2, -0.15) is 10.1 Å². The minimum absolute atomic E-state index is 0.0420. The maximum Gasteiger partial charge on any atom is 0.316 e. The van der Waals surface area contributed by atoms with Crippen LogP contribution < -0.4 is 9.88 Å².